The molecule has 2 N–H and O–H groups in total. The van der Waals surface area contributed by atoms with Gasteiger partial charge in [-0.1, -0.05) is 18.2 Å². The predicted molar refractivity (Wildman–Crippen MR) is 58.1 cm³/mol. The first kappa shape index (κ1) is 9.45. The van der Waals surface area contributed by atoms with Crippen LogP contribution >= 0.6 is 0 Å². The number of carbonyl (C=O) groups excluding carboxylic acids is 1. The highest BCUT2D eigenvalue weighted by molar-refractivity contribution is 5.77. The van der Waals surface area contributed by atoms with Crippen LogP contribution in [-0.2, 0) is 4.79 Å². The summed E-state index contributed by atoms with van der Waals surface area (Å²) < 4.78 is 5.13. The van der Waals surface area contributed by atoms with Crippen LogP contribution < -0.4 is 5.73 Å². The Kier molecular flexibility index (Phi) is 2.49. The third kappa shape index (κ3) is 2.04. The van der Waals surface area contributed by atoms with Gasteiger partial charge in [0.1, 0.15) is 11.8 Å². The summed E-state index contributed by atoms with van der Waals surface area (Å²) in [5.41, 5.74) is 7.78. The molecule has 0 aliphatic carbocycles. The van der Waals surface area contributed by atoms with E-state index in [1.165, 1.54) is 0 Å². The van der Waals surface area contributed by atoms with Crippen LogP contribution in [-0.4, -0.2) is 11.3 Å². The van der Waals surface area contributed by atoms with Gasteiger partial charge in [-0.25, -0.2) is 0 Å². The highest BCUT2D eigenvalue weighted by atomic mass is 16.4. The quantitative estimate of drug-likeness (QED) is 0.773. The number of rotatable bonds is 3. The monoisotopic (exact) mass is 202 g/mol. The summed E-state index contributed by atoms with van der Waals surface area (Å²) in [6.45, 7) is 0. The standard InChI is InChI=1S/C11H10N2O2/c12-11-13-9-7-8(3-1-2-6-14)4-5-10(9)15-11/h1,3-7H,2H2,(H2,12,13). The van der Waals surface area contributed by atoms with Gasteiger partial charge in [-0.2, -0.15) is 4.98 Å². The number of hydrogen-bond donors (Lipinski definition) is 1. The van der Waals surface area contributed by atoms with Gasteiger partial charge in [0, 0.05) is 6.42 Å². The van der Waals surface area contributed by atoms with Gasteiger partial charge in [0.15, 0.2) is 5.58 Å². The second-order valence-electron chi connectivity index (χ2n) is 3.08. The Morgan fingerprint density at radius 1 is 1.47 bits per heavy atom. The molecule has 4 nitrogen and oxygen atoms in total. The zero-order valence-corrected chi connectivity index (χ0v) is 8.01. The normalized spacial score (nSPS) is 11.2. The average Bonchev–Trinajstić information content (AvgIpc) is 2.57. The van der Waals surface area contributed by atoms with Crippen LogP contribution in [0.25, 0.3) is 17.2 Å². The molecule has 1 heterocycles. The van der Waals surface area contributed by atoms with Gasteiger partial charge in [-0.3, -0.25) is 0 Å². The van der Waals surface area contributed by atoms with Crippen molar-refractivity contribution in [2.75, 3.05) is 5.73 Å². The van der Waals surface area contributed by atoms with E-state index in [9.17, 15) is 4.79 Å². The van der Waals surface area contributed by atoms with Crippen molar-refractivity contribution in [1.82, 2.24) is 4.98 Å². The summed E-state index contributed by atoms with van der Waals surface area (Å²) in [6.07, 6.45) is 4.92. The molecular weight excluding hydrogens is 192 g/mol. The van der Waals surface area contributed by atoms with Crippen molar-refractivity contribution in [3.05, 3.63) is 29.8 Å². The number of allylic oxidation sites excluding steroid dienone is 1. The molecule has 1 aromatic heterocycles. The van der Waals surface area contributed by atoms with Crippen LogP contribution in [0, 0.1) is 0 Å². The molecule has 0 aliphatic heterocycles. The summed E-state index contributed by atoms with van der Waals surface area (Å²) in [6, 6.07) is 5.71. The van der Waals surface area contributed by atoms with Crippen molar-refractivity contribution in [2.24, 2.45) is 0 Å². The Bertz CT molecular complexity index is 514. The third-order valence-electron chi connectivity index (χ3n) is 1.97. The van der Waals surface area contributed by atoms with Gasteiger partial charge < -0.3 is 14.9 Å². The lowest BCUT2D eigenvalue weighted by molar-refractivity contribution is -0.107. The number of nitrogens with zero attached hydrogens (tertiary/aromatic N) is 1. The number of hydrogen-bond acceptors (Lipinski definition) is 4. The predicted octanol–water partition coefficient (Wildman–Crippen LogP) is 2.01. The number of oxazole rings is 1. The van der Waals surface area contributed by atoms with Crippen LogP contribution in [0.5, 0.6) is 0 Å². The minimum absolute atomic E-state index is 0.166. The maximum absolute atomic E-state index is 10.1. The van der Waals surface area contributed by atoms with E-state index in [4.69, 9.17) is 10.2 Å². The third-order valence-corrected chi connectivity index (χ3v) is 1.97. The first-order valence-electron chi connectivity index (χ1n) is 4.56. The van der Waals surface area contributed by atoms with Crippen molar-refractivity contribution in [3.8, 4) is 0 Å². The number of fused-ring (bicyclic) bond motifs is 1. The van der Waals surface area contributed by atoms with E-state index in [0.29, 0.717) is 12.0 Å². The molecule has 1 aromatic carbocycles. The van der Waals surface area contributed by atoms with E-state index < -0.39 is 0 Å². The van der Waals surface area contributed by atoms with E-state index >= 15 is 0 Å². The molecule has 2 rings (SSSR count). The maximum Gasteiger partial charge on any atom is 0.292 e. The lowest BCUT2D eigenvalue weighted by Crippen LogP contribution is -1.80. The molecule has 0 atom stereocenters. The van der Waals surface area contributed by atoms with Crippen LogP contribution in [0.4, 0.5) is 6.01 Å². The molecule has 2 aromatic rings. The van der Waals surface area contributed by atoms with Gasteiger partial charge >= 0.3 is 0 Å². The first-order valence-corrected chi connectivity index (χ1v) is 4.56. The fraction of sp³-hybridized carbons (Fsp3) is 0.0909. The number of anilines is 1. The van der Waals surface area contributed by atoms with Crippen LogP contribution in [0.3, 0.4) is 0 Å². The van der Waals surface area contributed by atoms with Crippen molar-refractivity contribution in [3.63, 3.8) is 0 Å². The summed E-state index contributed by atoms with van der Waals surface area (Å²) in [4.78, 5) is 14.1. The smallest absolute Gasteiger partial charge is 0.292 e. The van der Waals surface area contributed by atoms with Gasteiger partial charge in [0.25, 0.3) is 6.01 Å². The lowest BCUT2D eigenvalue weighted by Gasteiger charge is -1.91. The summed E-state index contributed by atoms with van der Waals surface area (Å²) in [7, 11) is 0. The zero-order chi connectivity index (χ0) is 10.7. The summed E-state index contributed by atoms with van der Waals surface area (Å²) in [5.74, 6) is 0. The highest BCUT2D eigenvalue weighted by Gasteiger charge is 2.01. The Balaban J connectivity index is 2.33. The van der Waals surface area contributed by atoms with Crippen molar-refractivity contribution >= 4 is 29.5 Å². The molecular formula is C11H10N2O2. The second kappa shape index (κ2) is 3.96. The molecule has 0 radical (unpaired) electrons. The van der Waals surface area contributed by atoms with Gasteiger partial charge in [-0.05, 0) is 17.7 Å². The minimum Gasteiger partial charge on any atom is -0.424 e. The van der Waals surface area contributed by atoms with Crippen LogP contribution in [0.15, 0.2) is 28.7 Å². The lowest BCUT2D eigenvalue weighted by atomic mass is 10.2. The molecule has 0 spiro atoms. The molecule has 15 heavy (non-hydrogen) atoms. The second-order valence-corrected chi connectivity index (χ2v) is 3.08. The largest absolute Gasteiger partial charge is 0.424 e. The van der Waals surface area contributed by atoms with Gasteiger partial charge in [0.05, 0.1) is 0 Å². The first-order chi connectivity index (χ1) is 7.29. The Morgan fingerprint density at radius 3 is 3.13 bits per heavy atom. The molecule has 0 bridgehead atoms. The number of carbonyl (C=O) groups is 1. The van der Waals surface area contributed by atoms with Gasteiger partial charge in [-0.15, -0.1) is 0 Å². The zero-order valence-electron chi connectivity index (χ0n) is 8.01. The van der Waals surface area contributed by atoms with Crippen molar-refractivity contribution < 1.29 is 9.21 Å². The van der Waals surface area contributed by atoms with Crippen LogP contribution in [0.1, 0.15) is 12.0 Å². The Labute approximate surface area is 86.4 Å². The maximum atomic E-state index is 10.1. The van der Waals surface area contributed by atoms with Crippen LogP contribution in [0.2, 0.25) is 0 Å². The molecule has 76 valence electrons. The molecule has 4 heteroatoms. The summed E-state index contributed by atoms with van der Waals surface area (Å²) >= 11 is 0. The number of nitrogens with two attached hydrogens (primary N) is 1. The molecule has 0 saturated carbocycles. The number of aromatic nitrogens is 1. The molecule has 0 fully saturated rings. The Morgan fingerprint density at radius 2 is 2.33 bits per heavy atom. The highest BCUT2D eigenvalue weighted by Crippen LogP contribution is 2.18. The number of nitrogen functional groups attached to an aromatic ring is 1. The van der Waals surface area contributed by atoms with E-state index in [1.807, 2.05) is 18.2 Å². The number of aldehydes is 1. The van der Waals surface area contributed by atoms with E-state index in [1.54, 1.807) is 12.1 Å². The minimum atomic E-state index is 0.166. The van der Waals surface area contributed by atoms with Crippen molar-refractivity contribution in [1.29, 1.82) is 0 Å². The fourth-order valence-corrected chi connectivity index (χ4v) is 1.33. The Hall–Kier alpha value is -2.10. The fourth-order valence-electron chi connectivity index (χ4n) is 1.33. The van der Waals surface area contributed by atoms with Gasteiger partial charge in [0.2, 0.25) is 0 Å². The average molecular weight is 202 g/mol. The summed E-state index contributed by atoms with van der Waals surface area (Å²) in [5, 5.41) is 0. The van der Waals surface area contributed by atoms with E-state index in [-0.39, 0.29) is 6.01 Å². The van der Waals surface area contributed by atoms with E-state index in [2.05, 4.69) is 4.98 Å². The van der Waals surface area contributed by atoms with E-state index in [0.717, 1.165) is 17.4 Å². The number of benzene rings is 1. The molecule has 0 amide bonds. The topological polar surface area (TPSA) is 69.1 Å². The molecule has 0 unspecified atom stereocenters. The van der Waals surface area contributed by atoms with Crippen molar-refractivity contribution in [2.45, 2.75) is 6.42 Å². The molecule has 0 aliphatic rings. The molecule has 0 saturated heterocycles. The SMILES string of the molecule is Nc1nc2cc(C=CCC=O)ccc2o1.